The highest BCUT2D eigenvalue weighted by atomic mass is 79.9. The second kappa shape index (κ2) is 3.45. The molecule has 0 spiro atoms. The summed E-state index contributed by atoms with van der Waals surface area (Å²) in [7, 11) is 0. The lowest BCUT2D eigenvalue weighted by atomic mass is 10.0. The normalized spacial score (nSPS) is 14.3. The molecule has 0 atom stereocenters. The van der Waals surface area contributed by atoms with Crippen LogP contribution in [0, 0.1) is 0 Å². The van der Waals surface area contributed by atoms with Crippen LogP contribution in [0.2, 0.25) is 0 Å². The molecule has 3 nitrogen and oxygen atoms in total. The van der Waals surface area contributed by atoms with Crippen LogP contribution in [0.15, 0.2) is 21.0 Å². The van der Waals surface area contributed by atoms with E-state index in [2.05, 4.69) is 20.9 Å². The Morgan fingerprint density at radius 2 is 2.20 bits per heavy atom. The molecule has 0 fully saturated rings. The number of carbonyl (C=O) groups excluding carboxylic acids is 1. The lowest BCUT2D eigenvalue weighted by molar-refractivity contribution is -0.111. The number of nitrogens with one attached hydrogen (secondary N) is 1. The van der Waals surface area contributed by atoms with Crippen LogP contribution in [-0.2, 0) is 11.2 Å². The van der Waals surface area contributed by atoms with E-state index in [0.29, 0.717) is 17.6 Å². The summed E-state index contributed by atoms with van der Waals surface area (Å²) in [5.74, 6) is 0.0116. The van der Waals surface area contributed by atoms with Gasteiger partial charge in [0, 0.05) is 33.8 Å². The van der Waals surface area contributed by atoms with Gasteiger partial charge in [0.05, 0.1) is 0 Å². The highest BCUT2D eigenvalue weighted by molar-refractivity contribution is 9.10. The maximum Gasteiger partial charge on any atom is 0.252 e. The Balaban J connectivity index is 2.78. The number of pyridine rings is 1. The van der Waals surface area contributed by atoms with Crippen molar-refractivity contribution in [1.82, 2.24) is 4.98 Å². The number of rotatable bonds is 1. The first-order valence-corrected chi connectivity index (χ1v) is 5.42. The van der Waals surface area contributed by atoms with Crippen LogP contribution in [0.5, 0.6) is 0 Å². The van der Waals surface area contributed by atoms with E-state index in [1.54, 1.807) is 6.20 Å². The number of carbonyl (C=O) groups is 1. The van der Waals surface area contributed by atoms with Gasteiger partial charge < -0.3 is 4.98 Å². The van der Waals surface area contributed by atoms with Crippen LogP contribution >= 0.6 is 15.9 Å². The van der Waals surface area contributed by atoms with Crippen LogP contribution < -0.4 is 5.56 Å². The SMILES string of the molecule is CC(=O)C1=C(C)Cc2c1c(Br)c[nH]c2=O. The van der Waals surface area contributed by atoms with Crippen molar-refractivity contribution in [2.24, 2.45) is 0 Å². The lowest BCUT2D eigenvalue weighted by Gasteiger charge is -2.04. The molecule has 1 heterocycles. The Labute approximate surface area is 95.3 Å². The maximum atomic E-state index is 11.6. The third kappa shape index (κ3) is 1.49. The van der Waals surface area contributed by atoms with Gasteiger partial charge in [0.15, 0.2) is 5.78 Å². The van der Waals surface area contributed by atoms with Gasteiger partial charge in [-0.3, -0.25) is 9.59 Å². The molecular weight excluding hydrogens is 258 g/mol. The Morgan fingerprint density at radius 3 is 2.80 bits per heavy atom. The lowest BCUT2D eigenvalue weighted by Crippen LogP contribution is -2.12. The minimum Gasteiger partial charge on any atom is -0.328 e. The van der Waals surface area contributed by atoms with E-state index in [-0.39, 0.29) is 11.3 Å². The van der Waals surface area contributed by atoms with Gasteiger partial charge >= 0.3 is 0 Å². The van der Waals surface area contributed by atoms with E-state index in [1.807, 2.05) is 6.92 Å². The van der Waals surface area contributed by atoms with Gasteiger partial charge in [0.25, 0.3) is 5.56 Å². The van der Waals surface area contributed by atoms with Gasteiger partial charge in [-0.15, -0.1) is 0 Å². The number of hydrogen-bond acceptors (Lipinski definition) is 2. The molecule has 1 aliphatic rings. The largest absolute Gasteiger partial charge is 0.328 e. The summed E-state index contributed by atoms with van der Waals surface area (Å²) in [6.45, 7) is 3.42. The van der Waals surface area contributed by atoms with Crippen LogP contribution in [0.25, 0.3) is 5.57 Å². The van der Waals surface area contributed by atoms with E-state index in [1.165, 1.54) is 6.92 Å². The van der Waals surface area contributed by atoms with Crippen molar-refractivity contribution >= 4 is 27.3 Å². The molecule has 1 aromatic rings. The quantitative estimate of drug-likeness (QED) is 0.847. The second-order valence-electron chi connectivity index (χ2n) is 3.71. The van der Waals surface area contributed by atoms with E-state index in [9.17, 15) is 9.59 Å². The molecule has 0 bridgehead atoms. The molecule has 15 heavy (non-hydrogen) atoms. The van der Waals surface area contributed by atoms with E-state index >= 15 is 0 Å². The predicted molar refractivity (Wildman–Crippen MR) is 61.7 cm³/mol. The van der Waals surface area contributed by atoms with Crippen LogP contribution in [0.4, 0.5) is 0 Å². The summed E-state index contributed by atoms with van der Waals surface area (Å²) in [6.07, 6.45) is 2.15. The average Bonchev–Trinajstić information content (AvgIpc) is 2.50. The minimum absolute atomic E-state index is 0.0116. The smallest absolute Gasteiger partial charge is 0.252 e. The van der Waals surface area contributed by atoms with Crippen molar-refractivity contribution in [3.05, 3.63) is 37.7 Å². The van der Waals surface area contributed by atoms with Gasteiger partial charge in [-0.2, -0.15) is 0 Å². The highest BCUT2D eigenvalue weighted by Gasteiger charge is 2.26. The third-order valence-electron chi connectivity index (χ3n) is 2.62. The van der Waals surface area contributed by atoms with E-state index < -0.39 is 0 Å². The van der Waals surface area contributed by atoms with Crippen molar-refractivity contribution in [1.29, 1.82) is 0 Å². The third-order valence-corrected chi connectivity index (χ3v) is 3.24. The Bertz CT molecular complexity index is 540. The monoisotopic (exact) mass is 267 g/mol. The summed E-state index contributed by atoms with van der Waals surface area (Å²) >= 11 is 3.36. The molecule has 1 aromatic heterocycles. The first-order chi connectivity index (χ1) is 7.02. The van der Waals surface area contributed by atoms with Gasteiger partial charge in [0.1, 0.15) is 0 Å². The van der Waals surface area contributed by atoms with Crippen LogP contribution in [0.3, 0.4) is 0 Å². The van der Waals surface area contributed by atoms with Crippen molar-refractivity contribution < 1.29 is 4.79 Å². The molecule has 0 radical (unpaired) electrons. The van der Waals surface area contributed by atoms with E-state index in [4.69, 9.17) is 0 Å². The van der Waals surface area contributed by atoms with Gasteiger partial charge in [-0.05, 0) is 29.8 Å². The highest BCUT2D eigenvalue weighted by Crippen LogP contribution is 2.35. The minimum atomic E-state index is -0.108. The summed E-state index contributed by atoms with van der Waals surface area (Å²) in [5.41, 5.74) is 3.00. The zero-order chi connectivity index (χ0) is 11.2. The average molecular weight is 268 g/mol. The fourth-order valence-corrected chi connectivity index (χ4v) is 2.58. The molecule has 0 unspecified atom stereocenters. The molecule has 1 N–H and O–H groups in total. The fourth-order valence-electron chi connectivity index (χ4n) is 2.03. The van der Waals surface area contributed by atoms with Crippen molar-refractivity contribution in [2.75, 3.05) is 0 Å². The number of H-pyrrole nitrogens is 1. The molecule has 0 aromatic carbocycles. The number of hydrogen-bond donors (Lipinski definition) is 1. The zero-order valence-corrected chi connectivity index (χ0v) is 10.1. The number of halogens is 1. The molecule has 2 rings (SSSR count). The van der Waals surface area contributed by atoms with Crippen molar-refractivity contribution in [2.45, 2.75) is 20.3 Å². The zero-order valence-electron chi connectivity index (χ0n) is 8.48. The molecule has 1 aliphatic carbocycles. The van der Waals surface area contributed by atoms with Crippen molar-refractivity contribution in [3.8, 4) is 0 Å². The first-order valence-electron chi connectivity index (χ1n) is 4.63. The first kappa shape index (κ1) is 10.4. The number of fused-ring (bicyclic) bond motifs is 1. The summed E-state index contributed by atoms with van der Waals surface area (Å²) in [4.78, 5) is 25.7. The molecule has 0 aliphatic heterocycles. The van der Waals surface area contributed by atoms with Crippen LogP contribution in [-0.4, -0.2) is 10.8 Å². The number of allylic oxidation sites excluding steroid dienone is 2. The van der Waals surface area contributed by atoms with Gasteiger partial charge in [-0.25, -0.2) is 0 Å². The topological polar surface area (TPSA) is 49.9 Å². The summed E-state index contributed by atoms with van der Waals surface area (Å²) < 4.78 is 0.777. The molecular formula is C11H10BrNO2. The molecule has 4 heteroatoms. The van der Waals surface area contributed by atoms with Gasteiger partial charge in [-0.1, -0.05) is 5.57 Å². The fraction of sp³-hybridized carbons (Fsp3) is 0.273. The Kier molecular flexibility index (Phi) is 2.38. The Morgan fingerprint density at radius 1 is 1.53 bits per heavy atom. The number of ketones is 1. The molecule has 0 saturated heterocycles. The predicted octanol–water partition coefficient (Wildman–Crippen LogP) is 2.06. The summed E-state index contributed by atoms with van der Waals surface area (Å²) in [6, 6.07) is 0. The maximum absolute atomic E-state index is 11.6. The standard InChI is InChI=1S/C11H10BrNO2/c1-5-3-7-10(9(5)6(2)14)8(12)4-13-11(7)15/h4H,3H2,1-2H3,(H,13,15). The molecule has 0 amide bonds. The summed E-state index contributed by atoms with van der Waals surface area (Å²) in [5, 5.41) is 0. The van der Waals surface area contributed by atoms with Crippen molar-refractivity contribution in [3.63, 3.8) is 0 Å². The van der Waals surface area contributed by atoms with E-state index in [0.717, 1.165) is 15.6 Å². The number of aromatic amines is 1. The number of aromatic nitrogens is 1. The Hall–Kier alpha value is -1.16. The number of Topliss-reactive ketones (excluding diaryl/α,β-unsaturated/α-hetero) is 1. The molecule has 0 saturated carbocycles. The second-order valence-corrected chi connectivity index (χ2v) is 4.56. The van der Waals surface area contributed by atoms with Crippen LogP contribution in [0.1, 0.15) is 25.0 Å². The molecule has 78 valence electrons. The van der Waals surface area contributed by atoms with Gasteiger partial charge in [0.2, 0.25) is 0 Å².